The molecule has 8 heteroatoms. The smallest absolute Gasteiger partial charge is 0.269 e. The number of rotatable bonds is 8. The maximum absolute atomic E-state index is 11.9. The molecule has 0 aromatic heterocycles. The summed E-state index contributed by atoms with van der Waals surface area (Å²) < 4.78 is 5.10. The number of carbonyl (C=O) groups is 1. The van der Waals surface area contributed by atoms with Crippen molar-refractivity contribution in [2.75, 3.05) is 12.9 Å². The Balaban J connectivity index is 1.79. The summed E-state index contributed by atoms with van der Waals surface area (Å²) in [5, 5.41) is 14.7. The van der Waals surface area contributed by atoms with Crippen LogP contribution in [0.5, 0.6) is 5.75 Å². The fourth-order valence-electron chi connectivity index (χ4n) is 2.05. The second-order valence-electron chi connectivity index (χ2n) is 5.38. The van der Waals surface area contributed by atoms with Crippen molar-refractivity contribution in [2.24, 2.45) is 5.10 Å². The summed E-state index contributed by atoms with van der Waals surface area (Å²) >= 11 is 1.48. The lowest BCUT2D eigenvalue weighted by Crippen LogP contribution is -2.21. The van der Waals surface area contributed by atoms with Crippen LogP contribution in [0, 0.1) is 10.1 Å². The van der Waals surface area contributed by atoms with Crippen LogP contribution in [0.15, 0.2) is 53.6 Å². The van der Waals surface area contributed by atoms with Gasteiger partial charge in [0, 0.05) is 17.9 Å². The number of nitro groups is 1. The Labute approximate surface area is 155 Å². The molecule has 26 heavy (non-hydrogen) atoms. The lowest BCUT2D eigenvalue weighted by molar-refractivity contribution is -0.384. The lowest BCUT2D eigenvalue weighted by Gasteiger charge is -2.04. The highest BCUT2D eigenvalue weighted by atomic mass is 32.2. The summed E-state index contributed by atoms with van der Waals surface area (Å²) in [6.45, 7) is 1.73. The number of nitro benzene ring substituents is 1. The van der Waals surface area contributed by atoms with Gasteiger partial charge in [-0.25, -0.2) is 5.43 Å². The first-order valence-electron chi connectivity index (χ1n) is 7.78. The minimum absolute atomic E-state index is 0.0144. The number of non-ortho nitro benzene ring substituents is 1. The van der Waals surface area contributed by atoms with Gasteiger partial charge in [-0.1, -0.05) is 12.1 Å². The molecule has 0 unspecified atom stereocenters. The zero-order valence-corrected chi connectivity index (χ0v) is 15.3. The number of hydrogen-bond acceptors (Lipinski definition) is 6. The maximum Gasteiger partial charge on any atom is 0.269 e. The van der Waals surface area contributed by atoms with Gasteiger partial charge in [-0.05, 0) is 42.3 Å². The number of amides is 1. The van der Waals surface area contributed by atoms with Crippen molar-refractivity contribution in [3.63, 3.8) is 0 Å². The van der Waals surface area contributed by atoms with E-state index in [-0.39, 0.29) is 17.3 Å². The molecule has 0 aliphatic rings. The molecule has 0 heterocycles. The number of nitrogens with zero attached hydrogens (tertiary/aromatic N) is 2. The van der Waals surface area contributed by atoms with E-state index >= 15 is 0 Å². The molecule has 0 saturated carbocycles. The van der Waals surface area contributed by atoms with Crippen LogP contribution in [-0.4, -0.2) is 29.4 Å². The molecule has 1 N–H and O–H groups in total. The molecule has 2 rings (SSSR count). The molecule has 2 aromatic carbocycles. The van der Waals surface area contributed by atoms with Crippen LogP contribution in [0.2, 0.25) is 0 Å². The summed E-state index contributed by atoms with van der Waals surface area (Å²) in [6.07, 6.45) is 0. The third-order valence-corrected chi connectivity index (χ3v) is 4.51. The highest BCUT2D eigenvalue weighted by Gasteiger charge is 2.06. The SMILES string of the molecule is COc1ccc(CSCC(=O)N/N=C(/C)c2ccc([N+](=O)[O-])cc2)cc1. The van der Waals surface area contributed by atoms with Crippen molar-refractivity contribution >= 4 is 29.1 Å². The number of nitrogens with one attached hydrogen (secondary N) is 1. The van der Waals surface area contributed by atoms with Crippen LogP contribution >= 0.6 is 11.8 Å². The van der Waals surface area contributed by atoms with Crippen LogP contribution in [0.3, 0.4) is 0 Å². The van der Waals surface area contributed by atoms with Gasteiger partial charge in [0.05, 0.1) is 23.5 Å². The Hall–Kier alpha value is -2.87. The first kappa shape index (κ1) is 19.5. The van der Waals surface area contributed by atoms with Gasteiger partial charge in [0.2, 0.25) is 5.91 Å². The lowest BCUT2D eigenvalue weighted by atomic mass is 10.1. The number of hydrogen-bond donors (Lipinski definition) is 1. The summed E-state index contributed by atoms with van der Waals surface area (Å²) in [7, 11) is 1.62. The van der Waals surface area contributed by atoms with E-state index in [0.29, 0.717) is 17.0 Å². The number of hydrazone groups is 1. The molecule has 2 aromatic rings. The van der Waals surface area contributed by atoms with Crippen molar-refractivity contribution in [3.8, 4) is 5.75 Å². The molecule has 136 valence electrons. The normalized spacial score (nSPS) is 11.1. The largest absolute Gasteiger partial charge is 0.497 e. The molecule has 0 aliphatic heterocycles. The number of carbonyl (C=O) groups excluding carboxylic acids is 1. The van der Waals surface area contributed by atoms with E-state index in [1.807, 2.05) is 24.3 Å². The number of benzene rings is 2. The van der Waals surface area contributed by atoms with Crippen molar-refractivity contribution in [1.82, 2.24) is 5.43 Å². The topological polar surface area (TPSA) is 93.8 Å². The quantitative estimate of drug-likeness (QED) is 0.435. The highest BCUT2D eigenvalue weighted by Crippen LogP contribution is 2.16. The van der Waals surface area contributed by atoms with Crippen LogP contribution in [0.4, 0.5) is 5.69 Å². The van der Waals surface area contributed by atoms with E-state index in [0.717, 1.165) is 11.3 Å². The van der Waals surface area contributed by atoms with Crippen LogP contribution < -0.4 is 10.2 Å². The average molecular weight is 373 g/mol. The van der Waals surface area contributed by atoms with E-state index in [1.165, 1.54) is 23.9 Å². The Morgan fingerprint density at radius 2 is 1.85 bits per heavy atom. The summed E-state index contributed by atoms with van der Waals surface area (Å²) in [5.41, 5.74) is 4.90. The molecule has 0 bridgehead atoms. The highest BCUT2D eigenvalue weighted by molar-refractivity contribution is 7.99. The molecule has 0 aliphatic carbocycles. The van der Waals surface area contributed by atoms with Crippen LogP contribution in [0.25, 0.3) is 0 Å². The molecule has 0 saturated heterocycles. The minimum Gasteiger partial charge on any atom is -0.497 e. The van der Waals surface area contributed by atoms with E-state index in [9.17, 15) is 14.9 Å². The molecular weight excluding hydrogens is 354 g/mol. The van der Waals surface area contributed by atoms with Gasteiger partial charge < -0.3 is 4.74 Å². The standard InChI is InChI=1S/C18H19N3O4S/c1-13(15-5-7-16(8-6-15)21(23)24)19-20-18(22)12-26-11-14-3-9-17(25-2)10-4-14/h3-10H,11-12H2,1-2H3,(H,20,22)/b19-13-. The van der Waals surface area contributed by atoms with Crippen molar-refractivity contribution < 1.29 is 14.5 Å². The summed E-state index contributed by atoms with van der Waals surface area (Å²) in [6, 6.07) is 13.7. The Kier molecular flexibility index (Phi) is 7.16. The predicted octanol–water partition coefficient (Wildman–Crippen LogP) is 3.38. The van der Waals surface area contributed by atoms with Gasteiger partial charge in [-0.15, -0.1) is 11.8 Å². The number of methoxy groups -OCH3 is 1. The van der Waals surface area contributed by atoms with Gasteiger partial charge in [0.25, 0.3) is 5.69 Å². The predicted molar refractivity (Wildman–Crippen MR) is 103 cm³/mol. The maximum atomic E-state index is 11.9. The fraction of sp³-hybridized carbons (Fsp3) is 0.222. The third-order valence-electron chi connectivity index (χ3n) is 3.51. The second-order valence-corrected chi connectivity index (χ2v) is 6.36. The fourth-order valence-corrected chi connectivity index (χ4v) is 2.83. The molecule has 7 nitrogen and oxygen atoms in total. The third kappa shape index (κ3) is 5.89. The van der Waals surface area contributed by atoms with E-state index in [2.05, 4.69) is 10.5 Å². The van der Waals surface area contributed by atoms with Gasteiger partial charge in [0.1, 0.15) is 5.75 Å². The minimum atomic E-state index is -0.460. The van der Waals surface area contributed by atoms with Crippen molar-refractivity contribution in [1.29, 1.82) is 0 Å². The number of thioether (sulfide) groups is 1. The first-order chi connectivity index (χ1) is 12.5. The molecule has 0 atom stereocenters. The first-order valence-corrected chi connectivity index (χ1v) is 8.93. The Bertz CT molecular complexity index is 789. The van der Waals surface area contributed by atoms with E-state index in [4.69, 9.17) is 4.74 Å². The molecular formula is C18H19N3O4S. The van der Waals surface area contributed by atoms with Crippen molar-refractivity contribution in [3.05, 3.63) is 69.8 Å². The van der Waals surface area contributed by atoms with E-state index in [1.54, 1.807) is 26.2 Å². The zero-order valence-electron chi connectivity index (χ0n) is 14.5. The Morgan fingerprint density at radius 3 is 2.42 bits per heavy atom. The molecule has 1 amide bonds. The van der Waals surface area contributed by atoms with Gasteiger partial charge in [0.15, 0.2) is 0 Å². The second kappa shape index (κ2) is 9.57. The van der Waals surface area contributed by atoms with Gasteiger partial charge in [-0.3, -0.25) is 14.9 Å². The van der Waals surface area contributed by atoms with E-state index < -0.39 is 4.92 Å². The van der Waals surface area contributed by atoms with Gasteiger partial charge >= 0.3 is 0 Å². The summed E-state index contributed by atoms with van der Waals surface area (Å²) in [5.74, 6) is 1.59. The average Bonchev–Trinajstić information content (AvgIpc) is 2.66. The number of ether oxygens (including phenoxy) is 1. The molecule has 0 spiro atoms. The Morgan fingerprint density at radius 1 is 1.19 bits per heavy atom. The monoisotopic (exact) mass is 373 g/mol. The molecule has 0 fully saturated rings. The van der Waals surface area contributed by atoms with Crippen LogP contribution in [0.1, 0.15) is 18.1 Å². The van der Waals surface area contributed by atoms with Crippen molar-refractivity contribution in [2.45, 2.75) is 12.7 Å². The summed E-state index contributed by atoms with van der Waals surface area (Å²) in [4.78, 5) is 22.0. The van der Waals surface area contributed by atoms with Crippen LogP contribution in [-0.2, 0) is 10.5 Å². The van der Waals surface area contributed by atoms with Gasteiger partial charge in [-0.2, -0.15) is 5.10 Å². The zero-order chi connectivity index (χ0) is 18.9. The molecule has 0 radical (unpaired) electrons.